The molecule has 0 radical (unpaired) electrons. The molecule has 1 aliphatic rings. The number of nitrogens with zero attached hydrogens (tertiary/aromatic N) is 3. The van der Waals surface area contributed by atoms with Crippen molar-refractivity contribution in [1.29, 1.82) is 0 Å². The van der Waals surface area contributed by atoms with E-state index in [0.717, 1.165) is 12.0 Å². The maximum absolute atomic E-state index is 12.7. The van der Waals surface area contributed by atoms with Crippen molar-refractivity contribution >= 4 is 16.0 Å². The van der Waals surface area contributed by atoms with E-state index in [-0.39, 0.29) is 23.7 Å². The van der Waals surface area contributed by atoms with Gasteiger partial charge < -0.3 is 9.67 Å². The fraction of sp³-hybridized carbons (Fsp3) is 0.333. The van der Waals surface area contributed by atoms with E-state index in [1.54, 1.807) is 16.7 Å². The first-order chi connectivity index (χ1) is 10.9. The molecule has 0 unspecified atom stereocenters. The second-order valence-corrected chi connectivity index (χ2v) is 7.36. The summed E-state index contributed by atoms with van der Waals surface area (Å²) in [4.78, 5) is 15.3. The number of benzene rings is 1. The van der Waals surface area contributed by atoms with Gasteiger partial charge in [-0.05, 0) is 23.6 Å². The third-order valence-electron chi connectivity index (χ3n) is 3.88. The fourth-order valence-corrected chi connectivity index (χ4v) is 4.07. The number of hydrogen-bond donors (Lipinski definition) is 1. The van der Waals surface area contributed by atoms with Crippen LogP contribution in [-0.4, -0.2) is 33.3 Å². The molecular weight excluding hydrogens is 318 g/mol. The molecule has 7 nitrogen and oxygen atoms in total. The van der Waals surface area contributed by atoms with Crippen LogP contribution >= 0.6 is 0 Å². The number of carbonyl (C=O) groups is 1. The zero-order valence-electron chi connectivity index (χ0n) is 12.6. The van der Waals surface area contributed by atoms with Crippen LogP contribution in [0.25, 0.3) is 0 Å². The minimum atomic E-state index is -3.74. The summed E-state index contributed by atoms with van der Waals surface area (Å²) >= 11 is 0. The molecule has 3 rings (SSSR count). The molecule has 0 amide bonds. The topological polar surface area (TPSA) is 92.5 Å². The third kappa shape index (κ3) is 2.75. The van der Waals surface area contributed by atoms with Gasteiger partial charge in [-0.15, -0.1) is 0 Å². The highest BCUT2D eigenvalue weighted by Crippen LogP contribution is 2.30. The molecule has 2 aromatic rings. The van der Waals surface area contributed by atoms with Crippen molar-refractivity contribution < 1.29 is 18.3 Å². The van der Waals surface area contributed by atoms with Crippen molar-refractivity contribution in [3.05, 3.63) is 47.4 Å². The summed E-state index contributed by atoms with van der Waals surface area (Å²) in [6.45, 7) is 2.92. The zero-order chi connectivity index (χ0) is 16.6. The predicted octanol–water partition coefficient (Wildman–Crippen LogP) is 1.70. The molecule has 0 saturated carbocycles. The van der Waals surface area contributed by atoms with Crippen molar-refractivity contribution in [2.24, 2.45) is 0 Å². The largest absolute Gasteiger partial charge is 0.478 e. The summed E-state index contributed by atoms with van der Waals surface area (Å²) in [5, 5.41) is 9.23. The molecule has 1 aliphatic heterocycles. The Hall–Kier alpha value is -2.19. The van der Waals surface area contributed by atoms with Gasteiger partial charge in [-0.3, -0.25) is 0 Å². The molecule has 8 heteroatoms. The molecule has 23 heavy (non-hydrogen) atoms. The lowest BCUT2D eigenvalue weighted by Crippen LogP contribution is -2.26. The van der Waals surface area contributed by atoms with E-state index in [4.69, 9.17) is 0 Å². The molecular formula is C15H17N3O4S. The van der Waals surface area contributed by atoms with Gasteiger partial charge in [0.25, 0.3) is 10.0 Å². The van der Waals surface area contributed by atoms with Crippen molar-refractivity contribution in [3.8, 4) is 0 Å². The summed E-state index contributed by atoms with van der Waals surface area (Å²) in [5.74, 6) is -1.05. The molecule has 122 valence electrons. The van der Waals surface area contributed by atoms with E-state index in [1.165, 1.54) is 22.9 Å². The number of rotatable bonds is 5. The van der Waals surface area contributed by atoms with E-state index in [1.807, 2.05) is 6.92 Å². The molecule has 0 atom stereocenters. The van der Waals surface area contributed by atoms with Gasteiger partial charge in [0.15, 0.2) is 5.03 Å². The SMILES string of the molecule is CCCn1cnc(S(=O)(=O)N2Cc3cccc(C(=O)O)c3C2)c1. The van der Waals surface area contributed by atoms with Crippen LogP contribution in [0.5, 0.6) is 0 Å². The standard InChI is InChI=1S/C15H17N3O4S/c1-2-6-17-9-14(16-10-17)23(21,22)18-7-11-4-3-5-12(15(19)20)13(11)8-18/h3-5,9-10H,2,6-8H2,1H3,(H,19,20). The zero-order valence-corrected chi connectivity index (χ0v) is 13.5. The van der Waals surface area contributed by atoms with Crippen molar-refractivity contribution in [3.63, 3.8) is 0 Å². The van der Waals surface area contributed by atoms with Crippen LogP contribution in [0.1, 0.15) is 34.8 Å². The lowest BCUT2D eigenvalue weighted by Gasteiger charge is -2.13. The van der Waals surface area contributed by atoms with Crippen LogP contribution in [0, 0.1) is 0 Å². The molecule has 0 aliphatic carbocycles. The average Bonchev–Trinajstić information content (AvgIpc) is 3.13. The number of carboxylic acid groups (broad SMARTS) is 1. The Bertz CT molecular complexity index is 857. The molecule has 0 spiro atoms. The van der Waals surface area contributed by atoms with E-state index < -0.39 is 16.0 Å². The number of aryl methyl sites for hydroxylation is 1. The van der Waals surface area contributed by atoms with Crippen LogP contribution in [0.4, 0.5) is 0 Å². The van der Waals surface area contributed by atoms with Crippen LogP contribution < -0.4 is 0 Å². The molecule has 1 N–H and O–H groups in total. The van der Waals surface area contributed by atoms with E-state index in [0.29, 0.717) is 12.1 Å². The second-order valence-electron chi connectivity index (χ2n) is 5.47. The summed E-state index contributed by atoms with van der Waals surface area (Å²) in [6.07, 6.45) is 3.90. The number of fused-ring (bicyclic) bond motifs is 1. The van der Waals surface area contributed by atoms with Crippen LogP contribution in [0.15, 0.2) is 35.7 Å². The quantitative estimate of drug-likeness (QED) is 0.898. The molecule has 2 heterocycles. The van der Waals surface area contributed by atoms with E-state index in [2.05, 4.69) is 4.98 Å². The monoisotopic (exact) mass is 335 g/mol. The third-order valence-corrected chi connectivity index (χ3v) is 5.56. The van der Waals surface area contributed by atoms with Crippen LogP contribution in [0.2, 0.25) is 0 Å². The smallest absolute Gasteiger partial charge is 0.336 e. The Labute approximate surface area is 134 Å². The Morgan fingerprint density at radius 3 is 2.83 bits per heavy atom. The van der Waals surface area contributed by atoms with E-state index in [9.17, 15) is 18.3 Å². The van der Waals surface area contributed by atoms with Gasteiger partial charge in [-0.2, -0.15) is 4.31 Å². The fourth-order valence-electron chi connectivity index (χ4n) is 2.75. The van der Waals surface area contributed by atoms with Gasteiger partial charge in [-0.25, -0.2) is 18.2 Å². The lowest BCUT2D eigenvalue weighted by atomic mass is 10.0. The Morgan fingerprint density at radius 1 is 1.35 bits per heavy atom. The van der Waals surface area contributed by atoms with Gasteiger partial charge >= 0.3 is 5.97 Å². The van der Waals surface area contributed by atoms with Gasteiger partial charge in [0.1, 0.15) is 0 Å². The highest BCUT2D eigenvalue weighted by atomic mass is 32.2. The van der Waals surface area contributed by atoms with Gasteiger partial charge in [0.2, 0.25) is 0 Å². The minimum Gasteiger partial charge on any atom is -0.478 e. The number of imidazole rings is 1. The molecule has 0 fully saturated rings. The van der Waals surface area contributed by atoms with Crippen molar-refractivity contribution in [2.75, 3.05) is 0 Å². The van der Waals surface area contributed by atoms with Gasteiger partial charge in [-0.1, -0.05) is 19.1 Å². The Morgan fingerprint density at radius 2 is 2.13 bits per heavy atom. The van der Waals surface area contributed by atoms with Crippen LogP contribution in [0.3, 0.4) is 0 Å². The summed E-state index contributed by atoms with van der Waals surface area (Å²) < 4.78 is 28.4. The Kier molecular flexibility index (Phi) is 3.95. The molecule has 1 aromatic carbocycles. The summed E-state index contributed by atoms with van der Waals surface area (Å²) in [7, 11) is -3.74. The molecule has 0 bridgehead atoms. The van der Waals surface area contributed by atoms with Crippen molar-refractivity contribution in [2.45, 2.75) is 38.0 Å². The number of hydrogen-bond acceptors (Lipinski definition) is 4. The maximum atomic E-state index is 12.7. The normalized spacial score (nSPS) is 14.8. The average molecular weight is 335 g/mol. The first kappa shape index (κ1) is 15.7. The molecule has 0 saturated heterocycles. The number of sulfonamides is 1. The maximum Gasteiger partial charge on any atom is 0.336 e. The van der Waals surface area contributed by atoms with Crippen LogP contribution in [-0.2, 0) is 29.7 Å². The number of aromatic nitrogens is 2. The number of carboxylic acids is 1. The highest BCUT2D eigenvalue weighted by molar-refractivity contribution is 7.89. The van der Waals surface area contributed by atoms with Gasteiger partial charge in [0.05, 0.1) is 11.9 Å². The minimum absolute atomic E-state index is 0.00405. The Balaban J connectivity index is 1.91. The lowest BCUT2D eigenvalue weighted by molar-refractivity contribution is 0.0695. The van der Waals surface area contributed by atoms with E-state index >= 15 is 0 Å². The predicted molar refractivity (Wildman–Crippen MR) is 82.4 cm³/mol. The first-order valence-electron chi connectivity index (χ1n) is 7.29. The number of aromatic carboxylic acids is 1. The van der Waals surface area contributed by atoms with Gasteiger partial charge in [0, 0.05) is 25.8 Å². The summed E-state index contributed by atoms with van der Waals surface area (Å²) in [5.41, 5.74) is 1.43. The second kappa shape index (κ2) is 5.78. The molecule has 1 aromatic heterocycles. The summed E-state index contributed by atoms with van der Waals surface area (Å²) in [6, 6.07) is 4.88. The highest BCUT2D eigenvalue weighted by Gasteiger charge is 2.34. The first-order valence-corrected chi connectivity index (χ1v) is 8.73. The van der Waals surface area contributed by atoms with Crippen molar-refractivity contribution in [1.82, 2.24) is 13.9 Å².